The normalized spacial score (nSPS) is 11.4. The molecule has 176 valence electrons. The molecule has 2 amide bonds. The maximum absolute atomic E-state index is 12.5. The monoisotopic (exact) mass is 462 g/mol. The SMILES string of the molecule is CCCC(=O)Nc1ccc(C(=O)[C@@H](C)OC(=O)CNC(=O)c2cccc(OC(F)F)c2)cc1. The predicted octanol–water partition coefficient (Wildman–Crippen LogP) is 3.57. The minimum absolute atomic E-state index is 0.0104. The molecule has 0 aromatic heterocycles. The summed E-state index contributed by atoms with van der Waals surface area (Å²) >= 11 is 0. The Morgan fingerprint density at radius 1 is 1.00 bits per heavy atom. The lowest BCUT2D eigenvalue weighted by atomic mass is 10.1. The summed E-state index contributed by atoms with van der Waals surface area (Å²) in [6.45, 7) is -0.282. The Bertz CT molecular complexity index is 995. The summed E-state index contributed by atoms with van der Waals surface area (Å²) < 4.78 is 33.9. The molecular weight excluding hydrogens is 438 g/mol. The van der Waals surface area contributed by atoms with Crippen LogP contribution in [0, 0.1) is 0 Å². The van der Waals surface area contributed by atoms with Gasteiger partial charge < -0.3 is 20.1 Å². The number of alkyl halides is 2. The van der Waals surface area contributed by atoms with Crippen LogP contribution in [0.4, 0.5) is 14.5 Å². The van der Waals surface area contributed by atoms with E-state index in [0.717, 1.165) is 6.07 Å². The van der Waals surface area contributed by atoms with Gasteiger partial charge in [-0.2, -0.15) is 8.78 Å². The highest BCUT2D eigenvalue weighted by molar-refractivity contribution is 6.01. The molecule has 0 fully saturated rings. The molecule has 0 heterocycles. The average molecular weight is 462 g/mol. The number of rotatable bonds is 11. The summed E-state index contributed by atoms with van der Waals surface area (Å²) in [5.41, 5.74) is 0.834. The van der Waals surface area contributed by atoms with Crippen LogP contribution in [0.3, 0.4) is 0 Å². The molecule has 0 radical (unpaired) electrons. The van der Waals surface area contributed by atoms with Crippen LogP contribution in [-0.4, -0.2) is 42.8 Å². The summed E-state index contributed by atoms with van der Waals surface area (Å²) in [5.74, 6) is -2.35. The maximum atomic E-state index is 12.5. The van der Waals surface area contributed by atoms with Crippen LogP contribution in [0.15, 0.2) is 48.5 Å². The van der Waals surface area contributed by atoms with Gasteiger partial charge in [-0.05, 0) is 55.8 Å². The number of anilines is 1. The molecule has 0 bridgehead atoms. The number of esters is 1. The molecule has 2 aromatic carbocycles. The van der Waals surface area contributed by atoms with Gasteiger partial charge in [-0.1, -0.05) is 13.0 Å². The number of Topliss-reactive ketones (excluding diaryl/α,β-unsaturated/α-hetero) is 1. The van der Waals surface area contributed by atoms with Crippen LogP contribution in [0.2, 0.25) is 0 Å². The zero-order valence-corrected chi connectivity index (χ0v) is 18.1. The third-order valence-electron chi connectivity index (χ3n) is 4.32. The molecule has 0 saturated heterocycles. The van der Waals surface area contributed by atoms with E-state index in [0.29, 0.717) is 18.5 Å². The number of halogens is 2. The standard InChI is InChI=1S/C23H24F2N2O6/c1-3-5-19(28)27-17-10-8-15(9-11-17)21(30)14(2)32-20(29)13-26-22(31)16-6-4-7-18(12-16)33-23(24)25/h4,6-12,14,23H,3,5,13H2,1-2H3,(H,26,31)(H,27,28)/t14-/m1/s1. The number of ketones is 1. The van der Waals surface area contributed by atoms with E-state index in [2.05, 4.69) is 15.4 Å². The number of carbonyl (C=O) groups excluding carboxylic acids is 4. The summed E-state index contributed by atoms with van der Waals surface area (Å²) in [6.07, 6.45) is -0.0117. The Labute approximate surface area is 189 Å². The first-order chi connectivity index (χ1) is 15.7. The number of nitrogens with one attached hydrogen (secondary N) is 2. The molecule has 0 saturated carbocycles. The number of hydrogen-bond donors (Lipinski definition) is 2. The fourth-order valence-corrected chi connectivity index (χ4v) is 2.76. The largest absolute Gasteiger partial charge is 0.453 e. The highest BCUT2D eigenvalue weighted by Crippen LogP contribution is 2.16. The van der Waals surface area contributed by atoms with Crippen molar-refractivity contribution >= 4 is 29.3 Å². The Balaban J connectivity index is 1.85. The van der Waals surface area contributed by atoms with E-state index in [1.165, 1.54) is 37.3 Å². The molecule has 1 atom stereocenters. The van der Waals surface area contributed by atoms with Crippen molar-refractivity contribution < 1.29 is 37.4 Å². The van der Waals surface area contributed by atoms with Crippen LogP contribution >= 0.6 is 0 Å². The summed E-state index contributed by atoms with van der Waals surface area (Å²) in [7, 11) is 0. The number of ether oxygens (including phenoxy) is 2. The van der Waals surface area contributed by atoms with Gasteiger partial charge >= 0.3 is 12.6 Å². The van der Waals surface area contributed by atoms with E-state index in [1.54, 1.807) is 12.1 Å². The van der Waals surface area contributed by atoms with E-state index < -0.39 is 36.9 Å². The second-order valence-corrected chi connectivity index (χ2v) is 6.96. The Morgan fingerprint density at radius 3 is 2.33 bits per heavy atom. The molecule has 2 rings (SSSR count). The topological polar surface area (TPSA) is 111 Å². The van der Waals surface area contributed by atoms with Gasteiger partial charge in [0.25, 0.3) is 5.91 Å². The van der Waals surface area contributed by atoms with Crippen molar-refractivity contribution in [2.75, 3.05) is 11.9 Å². The van der Waals surface area contributed by atoms with Gasteiger partial charge in [0.2, 0.25) is 11.7 Å². The molecule has 0 aliphatic heterocycles. The molecule has 0 aliphatic carbocycles. The summed E-state index contributed by atoms with van der Waals surface area (Å²) in [6, 6.07) is 11.2. The van der Waals surface area contributed by atoms with Crippen molar-refractivity contribution in [2.45, 2.75) is 39.4 Å². The molecule has 0 unspecified atom stereocenters. The van der Waals surface area contributed by atoms with Crippen LogP contribution in [-0.2, 0) is 14.3 Å². The maximum Gasteiger partial charge on any atom is 0.387 e. The zero-order valence-electron chi connectivity index (χ0n) is 18.1. The van der Waals surface area contributed by atoms with Crippen molar-refractivity contribution in [3.8, 4) is 5.75 Å². The smallest absolute Gasteiger partial charge is 0.387 e. The van der Waals surface area contributed by atoms with Crippen molar-refractivity contribution in [2.24, 2.45) is 0 Å². The summed E-state index contributed by atoms with van der Waals surface area (Å²) in [4.78, 5) is 48.2. The van der Waals surface area contributed by atoms with Crippen LogP contribution in [0.5, 0.6) is 5.75 Å². The first kappa shape index (κ1) is 25.4. The highest BCUT2D eigenvalue weighted by atomic mass is 19.3. The number of hydrogen-bond acceptors (Lipinski definition) is 6. The Hall–Kier alpha value is -3.82. The van der Waals surface area contributed by atoms with Crippen molar-refractivity contribution in [1.29, 1.82) is 0 Å². The van der Waals surface area contributed by atoms with Gasteiger partial charge in [0.05, 0.1) is 0 Å². The lowest BCUT2D eigenvalue weighted by Crippen LogP contribution is -2.34. The van der Waals surface area contributed by atoms with Crippen LogP contribution in [0.1, 0.15) is 47.4 Å². The lowest BCUT2D eigenvalue weighted by molar-refractivity contribution is -0.145. The van der Waals surface area contributed by atoms with Gasteiger partial charge in [0.15, 0.2) is 6.10 Å². The predicted molar refractivity (Wildman–Crippen MR) is 115 cm³/mol. The first-order valence-corrected chi connectivity index (χ1v) is 10.2. The van der Waals surface area contributed by atoms with Gasteiger partial charge in [-0.15, -0.1) is 0 Å². The second kappa shape index (κ2) is 12.3. The van der Waals surface area contributed by atoms with E-state index in [4.69, 9.17) is 4.74 Å². The minimum Gasteiger partial charge on any atom is -0.453 e. The average Bonchev–Trinajstić information content (AvgIpc) is 2.77. The molecule has 10 heteroatoms. The number of carbonyl (C=O) groups is 4. The van der Waals surface area contributed by atoms with Gasteiger partial charge in [0, 0.05) is 23.2 Å². The quantitative estimate of drug-likeness (QED) is 0.390. The van der Waals surface area contributed by atoms with Gasteiger partial charge in [-0.3, -0.25) is 19.2 Å². The third kappa shape index (κ3) is 8.32. The Morgan fingerprint density at radius 2 is 1.70 bits per heavy atom. The first-order valence-electron chi connectivity index (χ1n) is 10.2. The van der Waals surface area contributed by atoms with E-state index >= 15 is 0 Å². The molecule has 8 nitrogen and oxygen atoms in total. The Kier molecular flexibility index (Phi) is 9.46. The minimum atomic E-state index is -3.03. The highest BCUT2D eigenvalue weighted by Gasteiger charge is 2.20. The van der Waals surface area contributed by atoms with E-state index in [9.17, 15) is 28.0 Å². The second-order valence-electron chi connectivity index (χ2n) is 6.96. The van der Waals surface area contributed by atoms with Crippen LogP contribution < -0.4 is 15.4 Å². The van der Waals surface area contributed by atoms with Crippen LogP contribution in [0.25, 0.3) is 0 Å². The molecule has 2 N–H and O–H groups in total. The molecule has 0 spiro atoms. The van der Waals surface area contributed by atoms with Crippen molar-refractivity contribution in [3.63, 3.8) is 0 Å². The van der Waals surface area contributed by atoms with Gasteiger partial charge in [-0.25, -0.2) is 0 Å². The lowest BCUT2D eigenvalue weighted by Gasteiger charge is -2.13. The fourth-order valence-electron chi connectivity index (χ4n) is 2.76. The summed E-state index contributed by atoms with van der Waals surface area (Å²) in [5, 5.41) is 4.99. The van der Waals surface area contributed by atoms with Crippen molar-refractivity contribution in [1.82, 2.24) is 5.32 Å². The number of benzene rings is 2. The molecule has 2 aromatic rings. The third-order valence-corrected chi connectivity index (χ3v) is 4.32. The number of amides is 2. The van der Waals surface area contributed by atoms with Crippen molar-refractivity contribution in [3.05, 3.63) is 59.7 Å². The van der Waals surface area contributed by atoms with E-state index in [-0.39, 0.29) is 22.8 Å². The van der Waals surface area contributed by atoms with E-state index in [1.807, 2.05) is 6.92 Å². The fraction of sp³-hybridized carbons (Fsp3) is 0.304. The molecule has 0 aliphatic rings. The van der Waals surface area contributed by atoms with Gasteiger partial charge in [0.1, 0.15) is 12.3 Å². The molecular formula is C23H24F2N2O6. The molecule has 33 heavy (non-hydrogen) atoms. The zero-order chi connectivity index (χ0) is 24.4.